The zero-order valence-electron chi connectivity index (χ0n) is 17.1. The Kier molecular flexibility index (Phi) is 7.69. The molecule has 4 N–H and O–H groups in total. The quantitative estimate of drug-likeness (QED) is 0.286. The zero-order chi connectivity index (χ0) is 22.5. The molecule has 29 heavy (non-hydrogen) atoms. The van der Waals surface area contributed by atoms with Crippen molar-refractivity contribution in [3.63, 3.8) is 0 Å². The number of hydrogen-bond donors (Lipinski definition) is 3. The Hall–Kier alpha value is -3.63. The maximum absolute atomic E-state index is 12.5. The van der Waals surface area contributed by atoms with Crippen LogP contribution in [0, 0.1) is 19.3 Å². The second kappa shape index (κ2) is 9.53. The highest BCUT2D eigenvalue weighted by atomic mass is 16.6. The molecule has 0 atom stereocenters. The van der Waals surface area contributed by atoms with E-state index in [1.807, 2.05) is 0 Å². The molecule has 0 saturated heterocycles. The van der Waals surface area contributed by atoms with E-state index in [0.29, 0.717) is 0 Å². The lowest BCUT2D eigenvalue weighted by molar-refractivity contribution is -0.135. The van der Waals surface area contributed by atoms with Gasteiger partial charge in [0.15, 0.2) is 11.5 Å². The SMILES string of the molecule is CCNC(=O)N(C(=N)N)c1c(C)c(OC(C)=O)c(OC(C)=O)c(OC(C)=O)c1C. The topological polar surface area (TPSA) is 161 Å². The number of ether oxygens (including phenoxy) is 3. The van der Waals surface area contributed by atoms with E-state index in [-0.39, 0.29) is 40.6 Å². The summed E-state index contributed by atoms with van der Waals surface area (Å²) in [6.45, 7) is 8.22. The standard InChI is InChI=1S/C18H24N4O7/c1-7-21-18(26)22(17(19)20)13-8(2)14(27-10(4)23)16(29-12(6)25)15(9(13)3)28-11(5)24/h7H2,1-6H3,(H3,19,20)(H,21,26). The molecule has 2 amide bonds. The first-order valence-corrected chi connectivity index (χ1v) is 8.56. The highest BCUT2D eigenvalue weighted by molar-refractivity contribution is 6.15. The van der Waals surface area contributed by atoms with Gasteiger partial charge in [0, 0.05) is 38.4 Å². The minimum absolute atomic E-state index is 0.0341. The second-order valence-electron chi connectivity index (χ2n) is 5.92. The third-order valence-corrected chi connectivity index (χ3v) is 3.54. The van der Waals surface area contributed by atoms with Crippen LogP contribution in [0.25, 0.3) is 0 Å². The molecule has 1 rings (SSSR count). The minimum atomic E-state index is -0.759. The number of carbonyl (C=O) groups is 4. The molecule has 1 aromatic rings. The molecule has 1 aromatic carbocycles. The molecule has 0 radical (unpaired) electrons. The van der Waals surface area contributed by atoms with Gasteiger partial charge in [-0.2, -0.15) is 0 Å². The normalized spacial score (nSPS) is 10.0. The summed E-state index contributed by atoms with van der Waals surface area (Å²) in [5.41, 5.74) is 5.96. The lowest BCUT2D eigenvalue weighted by atomic mass is 10.0. The fourth-order valence-electron chi connectivity index (χ4n) is 2.61. The summed E-state index contributed by atoms with van der Waals surface area (Å²) in [5, 5.41) is 10.3. The molecule has 0 unspecified atom stereocenters. The van der Waals surface area contributed by atoms with Gasteiger partial charge in [-0.05, 0) is 20.8 Å². The molecule has 158 valence electrons. The number of hydrogen-bond acceptors (Lipinski definition) is 8. The van der Waals surface area contributed by atoms with Crippen molar-refractivity contribution in [3.8, 4) is 17.2 Å². The van der Waals surface area contributed by atoms with Crippen LogP contribution in [0.3, 0.4) is 0 Å². The van der Waals surface area contributed by atoms with Crippen molar-refractivity contribution < 1.29 is 33.4 Å². The monoisotopic (exact) mass is 408 g/mol. The van der Waals surface area contributed by atoms with Crippen molar-refractivity contribution in [3.05, 3.63) is 11.1 Å². The summed E-state index contributed by atoms with van der Waals surface area (Å²) in [6.07, 6.45) is 0. The van der Waals surface area contributed by atoms with Crippen molar-refractivity contribution in [2.45, 2.75) is 41.5 Å². The molecule has 11 heteroatoms. The van der Waals surface area contributed by atoms with E-state index >= 15 is 0 Å². The van der Waals surface area contributed by atoms with Crippen molar-refractivity contribution in [1.82, 2.24) is 5.32 Å². The van der Waals surface area contributed by atoms with Gasteiger partial charge < -0.3 is 25.3 Å². The molecule has 0 spiro atoms. The van der Waals surface area contributed by atoms with Crippen LogP contribution in [0.5, 0.6) is 17.2 Å². The number of nitrogens with zero attached hydrogens (tertiary/aromatic N) is 1. The third kappa shape index (κ3) is 5.43. The fourth-order valence-corrected chi connectivity index (χ4v) is 2.61. The number of nitrogens with two attached hydrogens (primary N) is 1. The van der Waals surface area contributed by atoms with Gasteiger partial charge in [-0.15, -0.1) is 0 Å². The van der Waals surface area contributed by atoms with E-state index in [4.69, 9.17) is 25.4 Å². The van der Waals surface area contributed by atoms with Gasteiger partial charge in [0.25, 0.3) is 0 Å². The summed E-state index contributed by atoms with van der Waals surface area (Å²) >= 11 is 0. The number of guanidine groups is 1. The number of anilines is 1. The van der Waals surface area contributed by atoms with E-state index in [9.17, 15) is 19.2 Å². The molecule has 0 aliphatic heterocycles. The van der Waals surface area contributed by atoms with Gasteiger partial charge >= 0.3 is 23.9 Å². The number of rotatable bonds is 5. The molecular weight excluding hydrogens is 384 g/mol. The predicted octanol–water partition coefficient (Wildman–Crippen LogP) is 1.51. The van der Waals surface area contributed by atoms with Crippen LogP contribution in [0.2, 0.25) is 0 Å². The molecular formula is C18H24N4O7. The Labute approximate surface area is 167 Å². The minimum Gasteiger partial charge on any atom is -0.422 e. The maximum atomic E-state index is 12.5. The van der Waals surface area contributed by atoms with E-state index in [1.54, 1.807) is 6.92 Å². The fraction of sp³-hybridized carbons (Fsp3) is 0.389. The second-order valence-corrected chi connectivity index (χ2v) is 5.92. The van der Waals surface area contributed by atoms with Crippen molar-refractivity contribution in [2.75, 3.05) is 11.4 Å². The smallest absolute Gasteiger partial charge is 0.328 e. The summed E-state index contributed by atoms with van der Waals surface area (Å²) in [6, 6.07) is -0.728. The molecule has 0 fully saturated rings. The first kappa shape index (κ1) is 23.4. The van der Waals surface area contributed by atoms with Crippen molar-refractivity contribution in [1.29, 1.82) is 5.41 Å². The summed E-state index contributed by atoms with van der Waals surface area (Å²) < 4.78 is 15.5. The number of amides is 2. The lowest BCUT2D eigenvalue weighted by Crippen LogP contribution is -2.47. The van der Waals surface area contributed by atoms with E-state index < -0.39 is 29.9 Å². The number of nitrogens with one attached hydrogen (secondary N) is 2. The third-order valence-electron chi connectivity index (χ3n) is 3.54. The maximum Gasteiger partial charge on any atom is 0.328 e. The molecule has 0 aliphatic carbocycles. The highest BCUT2D eigenvalue weighted by Gasteiger charge is 2.32. The van der Waals surface area contributed by atoms with Crippen LogP contribution < -0.4 is 30.2 Å². The van der Waals surface area contributed by atoms with Crippen molar-refractivity contribution in [2.24, 2.45) is 5.73 Å². The van der Waals surface area contributed by atoms with Crippen LogP contribution in [0.15, 0.2) is 0 Å². The molecule has 0 heterocycles. The van der Waals surface area contributed by atoms with Gasteiger partial charge in [-0.25, -0.2) is 9.69 Å². The Bertz CT molecular complexity index is 836. The largest absolute Gasteiger partial charge is 0.422 e. The molecule has 11 nitrogen and oxygen atoms in total. The first-order chi connectivity index (χ1) is 13.4. The Morgan fingerprint density at radius 3 is 1.59 bits per heavy atom. The number of benzene rings is 1. The average Bonchev–Trinajstić information content (AvgIpc) is 2.57. The lowest BCUT2D eigenvalue weighted by Gasteiger charge is -2.28. The van der Waals surface area contributed by atoms with Gasteiger partial charge in [-0.3, -0.25) is 19.8 Å². The highest BCUT2D eigenvalue weighted by Crippen LogP contribution is 2.49. The van der Waals surface area contributed by atoms with Crippen LogP contribution in [-0.2, 0) is 14.4 Å². The molecule has 0 aliphatic rings. The van der Waals surface area contributed by atoms with Crippen LogP contribution in [-0.4, -0.2) is 36.4 Å². The number of urea groups is 1. The Morgan fingerprint density at radius 1 is 0.897 bits per heavy atom. The van der Waals surface area contributed by atoms with Gasteiger partial charge in [-0.1, -0.05) is 0 Å². The average molecular weight is 408 g/mol. The number of esters is 3. The van der Waals surface area contributed by atoms with E-state index in [0.717, 1.165) is 25.7 Å². The van der Waals surface area contributed by atoms with Crippen LogP contribution in [0.1, 0.15) is 38.8 Å². The van der Waals surface area contributed by atoms with Crippen LogP contribution >= 0.6 is 0 Å². The van der Waals surface area contributed by atoms with Crippen LogP contribution in [0.4, 0.5) is 10.5 Å². The number of carbonyl (C=O) groups excluding carboxylic acids is 4. The molecule has 0 saturated carbocycles. The predicted molar refractivity (Wildman–Crippen MR) is 103 cm³/mol. The van der Waals surface area contributed by atoms with Gasteiger partial charge in [0.05, 0.1) is 5.69 Å². The summed E-state index contributed by atoms with van der Waals surface area (Å²) in [5.74, 6) is -3.70. The van der Waals surface area contributed by atoms with Crippen molar-refractivity contribution >= 4 is 35.6 Å². The summed E-state index contributed by atoms with van der Waals surface area (Å²) in [7, 11) is 0. The Balaban J connectivity index is 4.00. The summed E-state index contributed by atoms with van der Waals surface area (Å²) in [4.78, 5) is 48.2. The molecule has 0 aromatic heterocycles. The molecule has 0 bridgehead atoms. The van der Waals surface area contributed by atoms with Gasteiger partial charge in [0.2, 0.25) is 11.7 Å². The van der Waals surface area contributed by atoms with E-state index in [1.165, 1.54) is 13.8 Å². The van der Waals surface area contributed by atoms with E-state index in [2.05, 4.69) is 5.32 Å². The Morgan fingerprint density at radius 2 is 1.28 bits per heavy atom. The zero-order valence-corrected chi connectivity index (χ0v) is 17.1. The van der Waals surface area contributed by atoms with Gasteiger partial charge in [0.1, 0.15) is 0 Å². The first-order valence-electron chi connectivity index (χ1n) is 8.56.